The molecule has 0 heterocycles. The van der Waals surface area contributed by atoms with Gasteiger partial charge >= 0.3 is 6.03 Å². The van der Waals surface area contributed by atoms with Gasteiger partial charge < -0.3 is 10.2 Å². The van der Waals surface area contributed by atoms with E-state index in [-0.39, 0.29) is 6.03 Å². The molecule has 0 saturated heterocycles. The molecule has 0 rings (SSSR count). The molecule has 66 valence electrons. The van der Waals surface area contributed by atoms with Gasteiger partial charge in [-0.15, -0.1) is 0 Å². The van der Waals surface area contributed by atoms with Gasteiger partial charge in [-0.1, -0.05) is 11.9 Å². The van der Waals surface area contributed by atoms with Gasteiger partial charge in [0.05, 0.1) is 5.88 Å². The molecule has 0 fully saturated rings. The van der Waals surface area contributed by atoms with Gasteiger partial charge in [0.1, 0.15) is 0 Å². The van der Waals surface area contributed by atoms with Crippen molar-refractivity contribution in [3.05, 3.63) is 0 Å². The maximum absolute atomic E-state index is 11.1. The van der Waals surface area contributed by atoms with Crippen molar-refractivity contribution in [1.82, 2.24) is 10.2 Å². The molecule has 0 unspecified atom stereocenters. The average molecular weight is 177 g/mol. The zero-order valence-corrected chi connectivity index (χ0v) is 7.78. The number of nitrogens with two attached hydrogens (primary N) is 1. The SMILES string of the molecule is CCNC(=O)N(CC)CSN. The minimum atomic E-state index is -0.0482. The summed E-state index contributed by atoms with van der Waals surface area (Å²) >= 11 is 1.15. The maximum Gasteiger partial charge on any atom is 0.318 e. The Labute approximate surface area is 71.6 Å². The predicted octanol–water partition coefficient (Wildman–Crippen LogP) is 0.602. The van der Waals surface area contributed by atoms with Crippen LogP contribution in [0.15, 0.2) is 0 Å². The lowest BCUT2D eigenvalue weighted by Gasteiger charge is -2.18. The number of carbonyl (C=O) groups is 1. The molecule has 0 aromatic heterocycles. The summed E-state index contributed by atoms with van der Waals surface area (Å²) in [5.41, 5.74) is 0. The first-order valence-electron chi connectivity index (χ1n) is 3.60. The molecular weight excluding hydrogens is 162 g/mol. The number of amides is 2. The van der Waals surface area contributed by atoms with Gasteiger partial charge in [0.25, 0.3) is 0 Å². The Morgan fingerprint density at radius 2 is 2.27 bits per heavy atom. The summed E-state index contributed by atoms with van der Waals surface area (Å²) < 4.78 is 0. The fourth-order valence-electron chi connectivity index (χ4n) is 0.647. The highest BCUT2D eigenvalue weighted by atomic mass is 32.2. The third-order valence-corrected chi connectivity index (χ3v) is 1.69. The van der Waals surface area contributed by atoms with E-state index >= 15 is 0 Å². The molecule has 0 aromatic rings. The van der Waals surface area contributed by atoms with Crippen molar-refractivity contribution in [3.8, 4) is 0 Å². The lowest BCUT2D eigenvalue weighted by atomic mass is 10.6. The molecule has 0 aliphatic rings. The van der Waals surface area contributed by atoms with Crippen LogP contribution in [0.25, 0.3) is 0 Å². The van der Waals surface area contributed by atoms with Crippen LogP contribution in [-0.4, -0.2) is 29.9 Å². The van der Waals surface area contributed by atoms with E-state index in [1.165, 1.54) is 0 Å². The van der Waals surface area contributed by atoms with Crippen molar-refractivity contribution < 1.29 is 4.79 Å². The highest BCUT2D eigenvalue weighted by Gasteiger charge is 2.07. The summed E-state index contributed by atoms with van der Waals surface area (Å²) in [5, 5.41) is 7.93. The molecule has 0 aliphatic heterocycles. The van der Waals surface area contributed by atoms with Crippen molar-refractivity contribution >= 4 is 18.0 Å². The van der Waals surface area contributed by atoms with Gasteiger partial charge in [0.15, 0.2) is 0 Å². The van der Waals surface area contributed by atoms with E-state index in [1.54, 1.807) is 4.90 Å². The number of urea groups is 1. The molecular formula is C6H15N3OS. The largest absolute Gasteiger partial charge is 0.338 e. The summed E-state index contributed by atoms with van der Waals surface area (Å²) in [5.74, 6) is 0.544. The number of hydrogen-bond donors (Lipinski definition) is 2. The first-order chi connectivity index (χ1) is 5.26. The van der Waals surface area contributed by atoms with E-state index in [9.17, 15) is 4.79 Å². The van der Waals surface area contributed by atoms with Crippen molar-refractivity contribution in [2.24, 2.45) is 5.14 Å². The highest BCUT2D eigenvalue weighted by molar-refractivity contribution is 7.97. The molecule has 0 spiro atoms. The second-order valence-corrected chi connectivity index (χ2v) is 2.58. The molecule has 0 aliphatic carbocycles. The van der Waals surface area contributed by atoms with Crippen LogP contribution in [0.1, 0.15) is 13.8 Å². The van der Waals surface area contributed by atoms with Crippen LogP contribution in [0.2, 0.25) is 0 Å². The minimum absolute atomic E-state index is 0.0482. The van der Waals surface area contributed by atoms with E-state index < -0.39 is 0 Å². The number of rotatable bonds is 4. The molecule has 0 saturated carbocycles. The number of hydrogen-bond acceptors (Lipinski definition) is 3. The Kier molecular flexibility index (Phi) is 6.06. The van der Waals surface area contributed by atoms with E-state index in [1.807, 2.05) is 13.8 Å². The monoisotopic (exact) mass is 177 g/mol. The second-order valence-electron chi connectivity index (χ2n) is 1.99. The number of nitrogens with zero attached hydrogens (tertiary/aromatic N) is 1. The van der Waals surface area contributed by atoms with Crippen LogP contribution in [0, 0.1) is 0 Å². The summed E-state index contributed by atoms with van der Waals surface area (Å²) in [6.45, 7) is 5.16. The smallest absolute Gasteiger partial charge is 0.318 e. The third kappa shape index (κ3) is 4.10. The predicted molar refractivity (Wildman–Crippen MR) is 48.1 cm³/mol. The fourth-order valence-corrected chi connectivity index (χ4v) is 1.13. The van der Waals surface area contributed by atoms with Gasteiger partial charge in [-0.25, -0.2) is 4.79 Å². The molecule has 11 heavy (non-hydrogen) atoms. The third-order valence-electron chi connectivity index (χ3n) is 1.23. The molecule has 0 aromatic carbocycles. The molecule has 4 nitrogen and oxygen atoms in total. The van der Waals surface area contributed by atoms with E-state index in [0.29, 0.717) is 19.0 Å². The van der Waals surface area contributed by atoms with Crippen LogP contribution in [0.3, 0.4) is 0 Å². The van der Waals surface area contributed by atoms with Crippen LogP contribution in [0.4, 0.5) is 4.79 Å². The fraction of sp³-hybridized carbons (Fsp3) is 0.833. The normalized spacial score (nSPS) is 9.36. The minimum Gasteiger partial charge on any atom is -0.338 e. The van der Waals surface area contributed by atoms with E-state index in [0.717, 1.165) is 11.9 Å². The van der Waals surface area contributed by atoms with Crippen molar-refractivity contribution in [1.29, 1.82) is 0 Å². The Balaban J connectivity index is 3.71. The first kappa shape index (κ1) is 10.6. The first-order valence-corrected chi connectivity index (χ1v) is 4.65. The topological polar surface area (TPSA) is 58.4 Å². The van der Waals surface area contributed by atoms with Gasteiger partial charge in [0, 0.05) is 13.1 Å². The molecule has 0 radical (unpaired) electrons. The number of nitrogens with one attached hydrogen (secondary N) is 1. The summed E-state index contributed by atoms with van der Waals surface area (Å²) in [4.78, 5) is 12.8. The van der Waals surface area contributed by atoms with Crippen molar-refractivity contribution in [3.63, 3.8) is 0 Å². The van der Waals surface area contributed by atoms with Gasteiger partial charge in [-0.2, -0.15) is 0 Å². The van der Waals surface area contributed by atoms with Crippen LogP contribution in [-0.2, 0) is 0 Å². The Morgan fingerprint density at radius 3 is 2.64 bits per heavy atom. The zero-order valence-electron chi connectivity index (χ0n) is 6.96. The van der Waals surface area contributed by atoms with Crippen LogP contribution >= 0.6 is 11.9 Å². The van der Waals surface area contributed by atoms with Gasteiger partial charge in [-0.3, -0.25) is 5.14 Å². The van der Waals surface area contributed by atoms with Gasteiger partial charge in [-0.05, 0) is 13.8 Å². The second kappa shape index (κ2) is 6.30. The average Bonchev–Trinajstić information content (AvgIpc) is 2.00. The summed E-state index contributed by atoms with van der Waals surface area (Å²) in [6.07, 6.45) is 0. The van der Waals surface area contributed by atoms with E-state index in [2.05, 4.69) is 5.32 Å². The number of carbonyl (C=O) groups excluding carboxylic acids is 1. The lowest BCUT2D eigenvalue weighted by Crippen LogP contribution is -2.39. The van der Waals surface area contributed by atoms with Crippen LogP contribution < -0.4 is 10.5 Å². The van der Waals surface area contributed by atoms with Crippen molar-refractivity contribution in [2.45, 2.75) is 13.8 Å². The van der Waals surface area contributed by atoms with Crippen molar-refractivity contribution in [2.75, 3.05) is 19.0 Å². The highest BCUT2D eigenvalue weighted by Crippen LogP contribution is 1.95. The Hall–Kier alpha value is -0.420. The molecule has 0 atom stereocenters. The maximum atomic E-state index is 11.1. The molecule has 3 N–H and O–H groups in total. The quantitative estimate of drug-likeness (QED) is 0.488. The zero-order chi connectivity index (χ0) is 8.69. The molecule has 0 bridgehead atoms. The van der Waals surface area contributed by atoms with E-state index in [4.69, 9.17) is 5.14 Å². The Bertz CT molecular complexity index is 120. The summed E-state index contributed by atoms with van der Waals surface area (Å²) in [6, 6.07) is -0.0482. The molecule has 5 heteroatoms. The molecule has 2 amide bonds. The summed E-state index contributed by atoms with van der Waals surface area (Å²) in [7, 11) is 0. The van der Waals surface area contributed by atoms with Crippen LogP contribution in [0.5, 0.6) is 0 Å². The Morgan fingerprint density at radius 1 is 1.64 bits per heavy atom. The van der Waals surface area contributed by atoms with Gasteiger partial charge in [0.2, 0.25) is 0 Å². The lowest BCUT2D eigenvalue weighted by molar-refractivity contribution is 0.209. The standard InChI is InChI=1S/C6H15N3OS/c1-3-8-6(10)9(4-2)5-11-7/h3-5,7H2,1-2H3,(H,8,10).